The van der Waals surface area contributed by atoms with Gasteiger partial charge in [0.05, 0.1) is 0 Å². The topological polar surface area (TPSA) is 21.3 Å². The third kappa shape index (κ3) is 4.89. The second-order valence-corrected chi connectivity index (χ2v) is 7.19. The molecule has 2 nitrogen and oxygen atoms in total. The summed E-state index contributed by atoms with van der Waals surface area (Å²) < 4.78 is 6.02. The molecule has 0 saturated heterocycles. The van der Waals surface area contributed by atoms with E-state index in [0.29, 0.717) is 12.6 Å². The Kier molecular flexibility index (Phi) is 6.42. The molecule has 0 amide bonds. The fourth-order valence-corrected chi connectivity index (χ4v) is 3.54. The van der Waals surface area contributed by atoms with Crippen LogP contribution < -0.4 is 10.1 Å². The van der Waals surface area contributed by atoms with Gasteiger partial charge in [0.25, 0.3) is 0 Å². The third-order valence-electron chi connectivity index (χ3n) is 4.55. The van der Waals surface area contributed by atoms with Gasteiger partial charge in [0.1, 0.15) is 12.4 Å². The number of hydrogen-bond donors (Lipinski definition) is 1. The van der Waals surface area contributed by atoms with E-state index in [-0.39, 0.29) is 0 Å². The lowest BCUT2D eigenvalue weighted by atomic mass is 9.95. The Hall–Kier alpha value is -1.22. The second-order valence-electron chi connectivity index (χ2n) is 6.35. The highest BCUT2D eigenvalue weighted by Crippen LogP contribution is 2.26. The van der Waals surface area contributed by atoms with Crippen molar-refractivity contribution in [3.63, 3.8) is 0 Å². The van der Waals surface area contributed by atoms with Gasteiger partial charge in [0.15, 0.2) is 0 Å². The molecule has 24 heavy (non-hydrogen) atoms. The molecule has 0 aliphatic heterocycles. The Balaban J connectivity index is 1.65. The Morgan fingerprint density at radius 3 is 2.54 bits per heavy atom. The molecule has 1 fully saturated rings. The normalized spacial score (nSPS) is 15.4. The van der Waals surface area contributed by atoms with Crippen LogP contribution in [0.4, 0.5) is 0 Å². The molecule has 3 rings (SSSR count). The first-order valence-corrected chi connectivity index (χ1v) is 9.36. The minimum Gasteiger partial charge on any atom is -0.489 e. The minimum atomic E-state index is 0.456. The van der Waals surface area contributed by atoms with E-state index < -0.39 is 0 Å². The fraction of sp³-hybridized carbons (Fsp3) is 0.400. The van der Waals surface area contributed by atoms with Crippen molar-refractivity contribution in [2.45, 2.75) is 51.3 Å². The van der Waals surface area contributed by atoms with Crippen LogP contribution in [0.1, 0.15) is 43.2 Å². The highest BCUT2D eigenvalue weighted by atomic mass is 35.5. The van der Waals surface area contributed by atoms with E-state index in [1.54, 1.807) is 0 Å². The van der Waals surface area contributed by atoms with Gasteiger partial charge in [-0.1, -0.05) is 60.7 Å². The summed E-state index contributed by atoms with van der Waals surface area (Å²) in [6, 6.07) is 14.2. The summed E-state index contributed by atoms with van der Waals surface area (Å²) in [6.07, 6.45) is 6.53. The van der Waals surface area contributed by atoms with Crippen molar-refractivity contribution in [3.8, 4) is 5.75 Å². The highest BCUT2D eigenvalue weighted by molar-refractivity contribution is 6.31. The molecule has 1 saturated carbocycles. The number of rotatable bonds is 6. The molecule has 4 heteroatoms. The van der Waals surface area contributed by atoms with E-state index in [4.69, 9.17) is 27.9 Å². The van der Waals surface area contributed by atoms with Crippen molar-refractivity contribution >= 4 is 23.2 Å². The maximum Gasteiger partial charge on any atom is 0.124 e. The lowest BCUT2D eigenvalue weighted by Gasteiger charge is -2.23. The van der Waals surface area contributed by atoms with E-state index in [1.807, 2.05) is 42.5 Å². The Bertz CT molecular complexity index is 668. The van der Waals surface area contributed by atoms with E-state index >= 15 is 0 Å². The monoisotopic (exact) mass is 363 g/mol. The molecule has 0 heterocycles. The van der Waals surface area contributed by atoms with Crippen molar-refractivity contribution in [1.82, 2.24) is 5.32 Å². The van der Waals surface area contributed by atoms with Crippen LogP contribution in [0.25, 0.3) is 0 Å². The van der Waals surface area contributed by atoms with Gasteiger partial charge in [-0.25, -0.2) is 0 Å². The smallest absolute Gasteiger partial charge is 0.124 e. The van der Waals surface area contributed by atoms with Crippen molar-refractivity contribution < 1.29 is 4.74 Å². The molecule has 2 aromatic rings. The zero-order valence-electron chi connectivity index (χ0n) is 13.7. The zero-order valence-corrected chi connectivity index (χ0v) is 15.2. The standard InChI is InChI=1S/C20H23Cl2NO/c21-17-10-11-20(24-14-15-6-4-5-9-19(15)22)16(12-17)13-23-18-7-2-1-3-8-18/h4-6,9-12,18,23H,1-3,7-8,13-14H2. The number of nitrogens with one attached hydrogen (secondary N) is 1. The lowest BCUT2D eigenvalue weighted by Crippen LogP contribution is -2.30. The summed E-state index contributed by atoms with van der Waals surface area (Å²) in [6.45, 7) is 1.24. The highest BCUT2D eigenvalue weighted by Gasteiger charge is 2.14. The molecule has 2 aromatic carbocycles. The molecule has 0 radical (unpaired) electrons. The van der Waals surface area contributed by atoms with Gasteiger partial charge in [0.2, 0.25) is 0 Å². The summed E-state index contributed by atoms with van der Waals surface area (Å²) in [5, 5.41) is 5.12. The molecule has 128 valence electrons. The molecular formula is C20H23Cl2NO. The predicted octanol–water partition coefficient (Wildman–Crippen LogP) is 5.99. The molecule has 1 N–H and O–H groups in total. The number of halogens is 2. The molecular weight excluding hydrogens is 341 g/mol. The number of hydrogen-bond acceptors (Lipinski definition) is 2. The van der Waals surface area contributed by atoms with Gasteiger partial charge in [-0.05, 0) is 37.1 Å². The Labute approximate surface area is 154 Å². The third-order valence-corrected chi connectivity index (χ3v) is 5.15. The molecule has 1 aliphatic rings. The Morgan fingerprint density at radius 1 is 0.958 bits per heavy atom. The van der Waals surface area contributed by atoms with Gasteiger partial charge >= 0.3 is 0 Å². The fourth-order valence-electron chi connectivity index (χ4n) is 3.16. The van der Waals surface area contributed by atoms with Crippen LogP contribution in [0.15, 0.2) is 42.5 Å². The maximum absolute atomic E-state index is 6.20. The van der Waals surface area contributed by atoms with Crippen LogP contribution >= 0.6 is 23.2 Å². The van der Waals surface area contributed by atoms with Crippen molar-refractivity contribution in [2.24, 2.45) is 0 Å². The van der Waals surface area contributed by atoms with Gasteiger partial charge < -0.3 is 10.1 Å². The summed E-state index contributed by atoms with van der Waals surface area (Å²) in [5.41, 5.74) is 2.08. The average Bonchev–Trinajstić information content (AvgIpc) is 2.61. The van der Waals surface area contributed by atoms with Crippen molar-refractivity contribution in [3.05, 3.63) is 63.6 Å². The summed E-state index contributed by atoms with van der Waals surface area (Å²) in [5.74, 6) is 0.864. The Morgan fingerprint density at radius 2 is 1.75 bits per heavy atom. The van der Waals surface area contributed by atoms with Crippen LogP contribution in [0.2, 0.25) is 10.0 Å². The van der Waals surface area contributed by atoms with Gasteiger partial charge in [-0.3, -0.25) is 0 Å². The van der Waals surface area contributed by atoms with Crippen molar-refractivity contribution in [2.75, 3.05) is 0 Å². The van der Waals surface area contributed by atoms with E-state index in [2.05, 4.69) is 5.32 Å². The maximum atomic E-state index is 6.20. The van der Waals surface area contributed by atoms with Crippen LogP contribution in [-0.4, -0.2) is 6.04 Å². The van der Waals surface area contributed by atoms with Crippen molar-refractivity contribution in [1.29, 1.82) is 0 Å². The van der Waals surface area contributed by atoms with Crippen LogP contribution in [0.5, 0.6) is 5.75 Å². The van der Waals surface area contributed by atoms with Crippen LogP contribution in [0, 0.1) is 0 Å². The van der Waals surface area contributed by atoms with E-state index in [9.17, 15) is 0 Å². The molecule has 0 atom stereocenters. The second kappa shape index (κ2) is 8.75. The SMILES string of the molecule is Clc1ccc(OCc2ccccc2Cl)c(CNC2CCCCC2)c1. The quantitative estimate of drug-likeness (QED) is 0.679. The predicted molar refractivity (Wildman–Crippen MR) is 101 cm³/mol. The first-order chi connectivity index (χ1) is 11.7. The number of ether oxygens (including phenoxy) is 1. The van der Waals surface area contributed by atoms with Crippen LogP contribution in [0.3, 0.4) is 0 Å². The van der Waals surface area contributed by atoms with Gasteiger partial charge in [-0.15, -0.1) is 0 Å². The first kappa shape index (κ1) is 17.6. The van der Waals surface area contributed by atoms with E-state index in [0.717, 1.165) is 33.5 Å². The van der Waals surface area contributed by atoms with Gasteiger partial charge in [-0.2, -0.15) is 0 Å². The molecule has 0 unspecified atom stereocenters. The number of benzene rings is 2. The zero-order chi connectivity index (χ0) is 16.8. The first-order valence-electron chi connectivity index (χ1n) is 8.60. The largest absolute Gasteiger partial charge is 0.489 e. The van der Waals surface area contributed by atoms with E-state index in [1.165, 1.54) is 32.1 Å². The average molecular weight is 364 g/mol. The lowest BCUT2D eigenvalue weighted by molar-refractivity contribution is 0.300. The molecule has 0 spiro atoms. The van der Waals surface area contributed by atoms with Crippen LogP contribution in [-0.2, 0) is 13.2 Å². The minimum absolute atomic E-state index is 0.456. The molecule has 0 bridgehead atoms. The summed E-state index contributed by atoms with van der Waals surface area (Å²) >= 11 is 12.4. The molecule has 1 aliphatic carbocycles. The molecule has 0 aromatic heterocycles. The summed E-state index contributed by atoms with van der Waals surface area (Å²) in [7, 11) is 0. The summed E-state index contributed by atoms with van der Waals surface area (Å²) in [4.78, 5) is 0. The van der Waals surface area contributed by atoms with Gasteiger partial charge in [0, 0.05) is 33.8 Å².